The summed E-state index contributed by atoms with van der Waals surface area (Å²) in [6, 6.07) is 5.88. The van der Waals surface area contributed by atoms with Gasteiger partial charge in [-0.25, -0.2) is 0 Å². The van der Waals surface area contributed by atoms with Crippen LogP contribution in [0.25, 0.3) is 0 Å². The van der Waals surface area contributed by atoms with Gasteiger partial charge in [-0.05, 0) is 38.1 Å². The van der Waals surface area contributed by atoms with Crippen LogP contribution in [0.5, 0.6) is 5.75 Å². The highest BCUT2D eigenvalue weighted by atomic mass is 16.3. The van der Waals surface area contributed by atoms with Crippen molar-refractivity contribution in [2.45, 2.75) is 13.8 Å². The number of likely N-dealkylation sites (N-methyl/N-ethyl adjacent to an activating group) is 1. The Labute approximate surface area is 106 Å². The zero-order chi connectivity index (χ0) is 13.5. The number of phenolic OH excluding ortho intramolecular Hbond substituents is 1. The average molecular weight is 250 g/mol. The molecule has 1 aromatic carbocycles. The van der Waals surface area contributed by atoms with Crippen LogP contribution >= 0.6 is 0 Å². The second-order valence-electron chi connectivity index (χ2n) is 3.80. The summed E-state index contributed by atoms with van der Waals surface area (Å²) in [6.07, 6.45) is 0. The molecule has 5 nitrogen and oxygen atoms in total. The van der Waals surface area contributed by atoms with E-state index in [0.717, 1.165) is 0 Å². The van der Waals surface area contributed by atoms with Crippen LogP contribution in [0.4, 0.5) is 0 Å². The maximum absolute atomic E-state index is 11.7. The molecule has 2 N–H and O–H groups in total. The molecule has 5 heteroatoms. The predicted molar refractivity (Wildman–Crippen MR) is 68.4 cm³/mol. The van der Waals surface area contributed by atoms with Crippen molar-refractivity contribution in [3.63, 3.8) is 0 Å². The smallest absolute Gasteiger partial charge is 0.251 e. The number of nitrogens with one attached hydrogen (secondary N) is 1. The Morgan fingerprint density at radius 2 is 1.72 bits per heavy atom. The summed E-state index contributed by atoms with van der Waals surface area (Å²) in [6.45, 7) is 5.03. The zero-order valence-corrected chi connectivity index (χ0v) is 10.6. The van der Waals surface area contributed by atoms with E-state index in [1.54, 1.807) is 4.90 Å². The second-order valence-corrected chi connectivity index (χ2v) is 3.80. The van der Waals surface area contributed by atoms with Gasteiger partial charge in [0.15, 0.2) is 0 Å². The summed E-state index contributed by atoms with van der Waals surface area (Å²) >= 11 is 0. The van der Waals surface area contributed by atoms with Crippen molar-refractivity contribution in [3.8, 4) is 5.75 Å². The quantitative estimate of drug-likeness (QED) is 0.818. The normalized spacial score (nSPS) is 9.89. The highest BCUT2D eigenvalue weighted by Gasteiger charge is 2.11. The van der Waals surface area contributed by atoms with Crippen molar-refractivity contribution in [3.05, 3.63) is 29.8 Å². The lowest BCUT2D eigenvalue weighted by Gasteiger charge is -2.18. The largest absolute Gasteiger partial charge is 0.508 e. The van der Waals surface area contributed by atoms with Crippen molar-refractivity contribution in [2.24, 2.45) is 0 Å². The summed E-state index contributed by atoms with van der Waals surface area (Å²) in [7, 11) is 0. The van der Waals surface area contributed by atoms with Gasteiger partial charge in [0.25, 0.3) is 5.91 Å². The number of carbonyl (C=O) groups is 2. The van der Waals surface area contributed by atoms with Gasteiger partial charge < -0.3 is 15.3 Å². The number of benzene rings is 1. The van der Waals surface area contributed by atoms with Gasteiger partial charge >= 0.3 is 0 Å². The summed E-state index contributed by atoms with van der Waals surface area (Å²) in [5.41, 5.74) is 0.417. The fourth-order valence-corrected chi connectivity index (χ4v) is 1.56. The maximum Gasteiger partial charge on any atom is 0.251 e. The Hall–Kier alpha value is -2.04. The summed E-state index contributed by atoms with van der Waals surface area (Å²) in [5, 5.41) is 11.7. The van der Waals surface area contributed by atoms with E-state index in [9.17, 15) is 9.59 Å². The number of rotatable bonds is 5. The monoisotopic (exact) mass is 250 g/mol. The first-order chi connectivity index (χ1) is 8.58. The fourth-order valence-electron chi connectivity index (χ4n) is 1.56. The van der Waals surface area contributed by atoms with E-state index >= 15 is 0 Å². The molecule has 0 radical (unpaired) electrons. The lowest BCUT2D eigenvalue weighted by molar-refractivity contribution is -0.129. The van der Waals surface area contributed by atoms with Gasteiger partial charge in [-0.1, -0.05) is 0 Å². The molecule has 0 fully saturated rings. The highest BCUT2D eigenvalue weighted by molar-refractivity contribution is 5.96. The summed E-state index contributed by atoms with van der Waals surface area (Å²) in [4.78, 5) is 25.0. The first-order valence-corrected chi connectivity index (χ1v) is 5.93. The fraction of sp³-hybridized carbons (Fsp3) is 0.385. The minimum atomic E-state index is -0.324. The number of carbonyl (C=O) groups excluding carboxylic acids is 2. The predicted octanol–water partition coefficient (Wildman–Crippen LogP) is 0.990. The lowest BCUT2D eigenvalue weighted by Crippen LogP contribution is -2.39. The van der Waals surface area contributed by atoms with Gasteiger partial charge in [0.05, 0.1) is 6.54 Å². The van der Waals surface area contributed by atoms with E-state index in [1.165, 1.54) is 24.3 Å². The maximum atomic E-state index is 11.7. The molecule has 0 saturated heterocycles. The SMILES string of the molecule is CCN(CC)C(=O)CNC(=O)c1ccc(O)cc1. The van der Waals surface area contributed by atoms with Gasteiger partial charge in [0.1, 0.15) is 5.75 Å². The van der Waals surface area contributed by atoms with E-state index < -0.39 is 0 Å². The Morgan fingerprint density at radius 1 is 1.17 bits per heavy atom. The minimum Gasteiger partial charge on any atom is -0.508 e. The number of aromatic hydroxyl groups is 1. The van der Waals surface area contributed by atoms with Gasteiger partial charge in [-0.15, -0.1) is 0 Å². The van der Waals surface area contributed by atoms with Crippen LogP contribution in [0.15, 0.2) is 24.3 Å². The first kappa shape index (κ1) is 14.0. The van der Waals surface area contributed by atoms with Gasteiger partial charge in [-0.2, -0.15) is 0 Å². The molecule has 0 heterocycles. The summed E-state index contributed by atoms with van der Waals surface area (Å²) in [5.74, 6) is -0.326. The minimum absolute atomic E-state index is 0.0125. The van der Waals surface area contributed by atoms with Crippen molar-refractivity contribution in [2.75, 3.05) is 19.6 Å². The molecule has 0 aliphatic rings. The molecule has 0 saturated carbocycles. The number of hydrogen-bond acceptors (Lipinski definition) is 3. The topological polar surface area (TPSA) is 69.6 Å². The molecule has 98 valence electrons. The third-order valence-corrected chi connectivity index (χ3v) is 2.65. The van der Waals surface area contributed by atoms with Crippen molar-refractivity contribution < 1.29 is 14.7 Å². The van der Waals surface area contributed by atoms with Crippen molar-refractivity contribution in [1.29, 1.82) is 0 Å². The molecule has 18 heavy (non-hydrogen) atoms. The molecule has 2 amide bonds. The number of amides is 2. The van der Waals surface area contributed by atoms with Crippen molar-refractivity contribution >= 4 is 11.8 Å². The van der Waals surface area contributed by atoms with Gasteiger partial charge in [0.2, 0.25) is 5.91 Å². The molecule has 0 bridgehead atoms. The molecule has 0 atom stereocenters. The van der Waals surface area contributed by atoms with Crippen LogP contribution in [-0.4, -0.2) is 41.5 Å². The van der Waals surface area contributed by atoms with Gasteiger partial charge in [-0.3, -0.25) is 9.59 Å². The van der Waals surface area contributed by atoms with E-state index in [0.29, 0.717) is 18.7 Å². The molecule has 0 aromatic heterocycles. The molecule has 1 aromatic rings. The average Bonchev–Trinajstić information content (AvgIpc) is 2.38. The molecular formula is C13H18N2O3. The van der Waals surface area contributed by atoms with Crippen LogP contribution < -0.4 is 5.32 Å². The number of hydrogen-bond donors (Lipinski definition) is 2. The molecule has 0 spiro atoms. The molecule has 0 unspecified atom stereocenters. The van der Waals surface area contributed by atoms with E-state index in [2.05, 4.69) is 5.32 Å². The Kier molecular flexibility index (Phi) is 5.17. The molecule has 1 rings (SSSR count). The van der Waals surface area contributed by atoms with Crippen LogP contribution in [0.2, 0.25) is 0 Å². The highest BCUT2D eigenvalue weighted by Crippen LogP contribution is 2.09. The van der Waals surface area contributed by atoms with Crippen LogP contribution in [0, 0.1) is 0 Å². The number of nitrogens with zero attached hydrogens (tertiary/aromatic N) is 1. The third-order valence-electron chi connectivity index (χ3n) is 2.65. The second kappa shape index (κ2) is 6.64. The third kappa shape index (κ3) is 3.76. The van der Waals surface area contributed by atoms with E-state index in [-0.39, 0.29) is 24.1 Å². The van der Waals surface area contributed by atoms with Crippen LogP contribution in [0.1, 0.15) is 24.2 Å². The first-order valence-electron chi connectivity index (χ1n) is 5.93. The van der Waals surface area contributed by atoms with E-state index in [4.69, 9.17) is 5.11 Å². The van der Waals surface area contributed by atoms with E-state index in [1.807, 2.05) is 13.8 Å². The Morgan fingerprint density at radius 3 is 2.22 bits per heavy atom. The molecule has 0 aliphatic carbocycles. The Bertz CT molecular complexity index is 411. The van der Waals surface area contributed by atoms with Crippen molar-refractivity contribution in [1.82, 2.24) is 10.2 Å². The number of phenols is 1. The summed E-state index contributed by atoms with van der Waals surface area (Å²) < 4.78 is 0. The van der Waals surface area contributed by atoms with Gasteiger partial charge in [0, 0.05) is 18.7 Å². The lowest BCUT2D eigenvalue weighted by atomic mass is 10.2. The standard InChI is InChI=1S/C13H18N2O3/c1-3-15(4-2)12(17)9-14-13(18)10-5-7-11(16)8-6-10/h5-8,16H,3-4,9H2,1-2H3,(H,14,18). The van der Waals surface area contributed by atoms with Crippen LogP contribution in [-0.2, 0) is 4.79 Å². The molecular weight excluding hydrogens is 232 g/mol. The zero-order valence-electron chi connectivity index (χ0n) is 10.6. The molecule has 0 aliphatic heterocycles. The Balaban J connectivity index is 2.51. The van der Waals surface area contributed by atoms with Crippen LogP contribution in [0.3, 0.4) is 0 Å².